The number of furan rings is 1. The van der Waals surface area contributed by atoms with Crippen LogP contribution in [0.1, 0.15) is 45.9 Å². The third kappa shape index (κ3) is 4.50. The van der Waals surface area contributed by atoms with E-state index in [1.54, 1.807) is 48.5 Å². The van der Waals surface area contributed by atoms with Crippen molar-refractivity contribution in [2.45, 2.75) is 19.4 Å². The number of hydrogen-bond donors (Lipinski definition) is 2. The van der Waals surface area contributed by atoms with Gasteiger partial charge in [-0.3, -0.25) is 14.5 Å². The van der Waals surface area contributed by atoms with Crippen molar-refractivity contribution in [2.24, 2.45) is 0 Å². The summed E-state index contributed by atoms with van der Waals surface area (Å²) in [6, 6.07) is 17.4. The number of aliphatic hydroxyl groups excluding tert-OH is 1. The quantitative estimate of drug-likeness (QED) is 0.217. The molecular weight excluding hydrogens is 510 g/mol. The minimum Gasteiger partial charge on any atom is -0.508 e. The molecule has 0 saturated carbocycles. The van der Waals surface area contributed by atoms with Crippen LogP contribution in [0.15, 0.2) is 88.5 Å². The number of carbonyl (C=O) groups is 3. The number of phenols is 1. The number of rotatable bonds is 7. The number of nitrogens with zero attached hydrogens (tertiary/aromatic N) is 1. The molecule has 0 bridgehead atoms. The maximum absolute atomic E-state index is 13.7. The number of halogens is 1. The van der Waals surface area contributed by atoms with E-state index in [-0.39, 0.29) is 34.9 Å². The average molecular weight is 532 g/mol. The first-order valence-electron chi connectivity index (χ1n) is 11.8. The maximum Gasteiger partial charge on any atom is 0.338 e. The zero-order valence-corrected chi connectivity index (χ0v) is 20.9. The maximum atomic E-state index is 13.7. The number of amides is 1. The molecular formula is C29H22ClNO7. The van der Waals surface area contributed by atoms with Crippen molar-refractivity contribution in [2.75, 3.05) is 11.5 Å². The summed E-state index contributed by atoms with van der Waals surface area (Å²) >= 11 is 6.06. The van der Waals surface area contributed by atoms with Gasteiger partial charge in [-0.05, 0) is 66.6 Å². The van der Waals surface area contributed by atoms with Gasteiger partial charge in [0.25, 0.3) is 5.91 Å². The number of carbonyl (C=O) groups excluding carboxylic acids is 3. The Bertz CT molecular complexity index is 1600. The lowest BCUT2D eigenvalue weighted by molar-refractivity contribution is -0.117. The third-order valence-corrected chi connectivity index (χ3v) is 6.40. The van der Waals surface area contributed by atoms with Gasteiger partial charge in [-0.15, -0.1) is 0 Å². The molecule has 0 radical (unpaired) electrons. The number of esters is 1. The largest absolute Gasteiger partial charge is 0.508 e. The van der Waals surface area contributed by atoms with Crippen LogP contribution >= 0.6 is 11.6 Å². The van der Waals surface area contributed by atoms with Crippen molar-refractivity contribution >= 4 is 45.9 Å². The number of Topliss-reactive ketones (excluding diaryl/α,β-unsaturated/α-hetero) is 1. The van der Waals surface area contributed by atoms with Gasteiger partial charge < -0.3 is 19.4 Å². The van der Waals surface area contributed by atoms with Gasteiger partial charge in [-0.2, -0.15) is 0 Å². The van der Waals surface area contributed by atoms with Crippen molar-refractivity contribution in [3.8, 4) is 5.75 Å². The molecule has 2 heterocycles. The predicted molar refractivity (Wildman–Crippen MR) is 141 cm³/mol. The Kier molecular flexibility index (Phi) is 6.65. The molecule has 1 aliphatic heterocycles. The fourth-order valence-corrected chi connectivity index (χ4v) is 4.58. The summed E-state index contributed by atoms with van der Waals surface area (Å²) in [4.78, 5) is 40.9. The molecule has 8 nitrogen and oxygen atoms in total. The highest BCUT2D eigenvalue weighted by Crippen LogP contribution is 2.43. The van der Waals surface area contributed by atoms with Crippen LogP contribution in [0.4, 0.5) is 5.69 Å². The van der Waals surface area contributed by atoms with Gasteiger partial charge in [0.05, 0.1) is 23.8 Å². The Morgan fingerprint density at radius 3 is 2.53 bits per heavy atom. The predicted octanol–water partition coefficient (Wildman–Crippen LogP) is 6.14. The molecule has 1 atom stereocenters. The highest BCUT2D eigenvalue weighted by molar-refractivity contribution is 6.31. The van der Waals surface area contributed by atoms with E-state index in [4.69, 9.17) is 20.8 Å². The SMILES string of the molecule is CCCOC(=O)c1cccc(N2C(=O)C(O)=C(C(=O)c3cc4cc(Cl)ccc4o3)C2c2ccc(O)cc2)c1. The van der Waals surface area contributed by atoms with Crippen molar-refractivity contribution in [1.29, 1.82) is 0 Å². The van der Waals surface area contributed by atoms with E-state index >= 15 is 0 Å². The van der Waals surface area contributed by atoms with Crippen LogP contribution < -0.4 is 4.90 Å². The Hall–Kier alpha value is -4.56. The molecule has 9 heteroatoms. The number of ether oxygens (including phenoxy) is 1. The number of benzene rings is 3. The second kappa shape index (κ2) is 10.1. The molecule has 4 aromatic rings. The minimum absolute atomic E-state index is 0.0134. The number of aliphatic hydroxyl groups is 1. The molecule has 2 N–H and O–H groups in total. The normalized spacial score (nSPS) is 15.4. The monoisotopic (exact) mass is 531 g/mol. The Balaban J connectivity index is 1.61. The minimum atomic E-state index is -1.07. The number of anilines is 1. The Labute approximate surface area is 222 Å². The van der Waals surface area contributed by atoms with E-state index in [0.29, 0.717) is 28.0 Å². The van der Waals surface area contributed by atoms with Gasteiger partial charge in [-0.1, -0.05) is 36.7 Å². The number of hydrogen-bond acceptors (Lipinski definition) is 7. The zero-order chi connectivity index (χ0) is 27.0. The van der Waals surface area contributed by atoms with Gasteiger partial charge in [0.1, 0.15) is 11.3 Å². The molecule has 1 unspecified atom stereocenters. The van der Waals surface area contributed by atoms with Crippen LogP contribution in [0.5, 0.6) is 5.75 Å². The van der Waals surface area contributed by atoms with E-state index in [1.807, 2.05) is 6.92 Å². The van der Waals surface area contributed by atoms with Crippen molar-refractivity contribution in [3.63, 3.8) is 0 Å². The number of aromatic hydroxyl groups is 1. The molecule has 5 rings (SSSR count). The van der Waals surface area contributed by atoms with Gasteiger partial charge in [0.2, 0.25) is 5.78 Å². The van der Waals surface area contributed by atoms with E-state index in [9.17, 15) is 24.6 Å². The molecule has 0 aliphatic carbocycles. The van der Waals surface area contributed by atoms with E-state index in [2.05, 4.69) is 0 Å². The van der Waals surface area contributed by atoms with E-state index < -0.39 is 29.5 Å². The summed E-state index contributed by atoms with van der Waals surface area (Å²) < 4.78 is 10.9. The lowest BCUT2D eigenvalue weighted by Crippen LogP contribution is -2.31. The lowest BCUT2D eigenvalue weighted by atomic mass is 9.94. The van der Waals surface area contributed by atoms with Crippen molar-refractivity contribution in [1.82, 2.24) is 0 Å². The van der Waals surface area contributed by atoms with Crippen LogP contribution in [0, 0.1) is 0 Å². The molecule has 1 aromatic heterocycles. The molecule has 38 heavy (non-hydrogen) atoms. The lowest BCUT2D eigenvalue weighted by Gasteiger charge is -2.27. The van der Waals surface area contributed by atoms with Gasteiger partial charge in [-0.25, -0.2) is 4.79 Å². The van der Waals surface area contributed by atoms with Crippen LogP contribution in [0.25, 0.3) is 11.0 Å². The van der Waals surface area contributed by atoms with Crippen LogP contribution in [0.2, 0.25) is 5.02 Å². The second-order valence-corrected chi connectivity index (χ2v) is 9.18. The standard InChI is InChI=1S/C29H22ClNO7/c1-2-12-37-29(36)17-4-3-5-20(14-17)31-25(16-6-9-21(32)10-7-16)24(27(34)28(31)35)26(33)23-15-18-13-19(30)8-11-22(18)38-23/h3-11,13-15,25,32,34H,2,12H2,1H3. The fourth-order valence-electron chi connectivity index (χ4n) is 4.40. The molecule has 1 aliphatic rings. The van der Waals surface area contributed by atoms with Gasteiger partial charge >= 0.3 is 5.97 Å². The summed E-state index contributed by atoms with van der Waals surface area (Å²) in [5.74, 6) is -2.92. The summed E-state index contributed by atoms with van der Waals surface area (Å²) in [6.45, 7) is 2.12. The molecule has 0 fully saturated rings. The molecule has 192 valence electrons. The number of ketones is 1. The van der Waals surface area contributed by atoms with E-state index in [0.717, 1.165) is 0 Å². The molecule has 3 aromatic carbocycles. The van der Waals surface area contributed by atoms with E-state index in [1.165, 1.54) is 29.2 Å². The van der Waals surface area contributed by atoms with Gasteiger partial charge in [0.15, 0.2) is 11.5 Å². The third-order valence-electron chi connectivity index (χ3n) is 6.16. The molecule has 1 amide bonds. The molecule has 0 spiro atoms. The molecule has 0 saturated heterocycles. The first kappa shape index (κ1) is 25.1. The zero-order valence-electron chi connectivity index (χ0n) is 20.2. The summed E-state index contributed by atoms with van der Waals surface area (Å²) in [6.07, 6.45) is 0.649. The summed E-state index contributed by atoms with van der Waals surface area (Å²) in [5, 5.41) is 21.9. The summed E-state index contributed by atoms with van der Waals surface area (Å²) in [5.41, 5.74) is 1.14. The number of phenolic OH excluding ortho intramolecular Hbond substituents is 1. The smallest absolute Gasteiger partial charge is 0.338 e. The van der Waals surface area contributed by atoms with Crippen molar-refractivity contribution in [3.05, 3.63) is 106 Å². The van der Waals surface area contributed by atoms with Crippen LogP contribution in [-0.4, -0.2) is 34.5 Å². The first-order chi connectivity index (χ1) is 18.3. The van der Waals surface area contributed by atoms with Crippen molar-refractivity contribution < 1.29 is 33.8 Å². The Morgan fingerprint density at radius 2 is 1.79 bits per heavy atom. The van der Waals surface area contributed by atoms with Crippen LogP contribution in [-0.2, 0) is 9.53 Å². The topological polar surface area (TPSA) is 117 Å². The fraction of sp³-hybridized carbons (Fsp3) is 0.138. The first-order valence-corrected chi connectivity index (χ1v) is 12.2. The second-order valence-electron chi connectivity index (χ2n) is 8.74. The average Bonchev–Trinajstić information content (AvgIpc) is 3.45. The number of fused-ring (bicyclic) bond motifs is 1. The highest BCUT2D eigenvalue weighted by Gasteiger charge is 2.45. The highest BCUT2D eigenvalue weighted by atomic mass is 35.5. The van der Waals surface area contributed by atoms with Gasteiger partial charge in [0, 0.05) is 16.1 Å². The summed E-state index contributed by atoms with van der Waals surface area (Å²) in [7, 11) is 0. The van der Waals surface area contributed by atoms with Crippen LogP contribution in [0.3, 0.4) is 0 Å². The Morgan fingerprint density at radius 1 is 1.03 bits per heavy atom.